The highest BCUT2D eigenvalue weighted by molar-refractivity contribution is 6.22. The summed E-state index contributed by atoms with van der Waals surface area (Å²) < 4.78 is 17.9. The van der Waals surface area contributed by atoms with Crippen LogP contribution in [0.2, 0.25) is 0 Å². The van der Waals surface area contributed by atoms with Crippen molar-refractivity contribution in [1.82, 2.24) is 19.7 Å². The Kier molecular flexibility index (Phi) is 7.27. The molecule has 1 spiro atoms. The number of anilines is 4. The molecule has 244 valence electrons. The summed E-state index contributed by atoms with van der Waals surface area (Å²) in [4.78, 5) is 51.1. The lowest BCUT2D eigenvalue weighted by Crippen LogP contribution is -2.36. The van der Waals surface area contributed by atoms with Gasteiger partial charge in [0.15, 0.2) is 5.82 Å². The van der Waals surface area contributed by atoms with Gasteiger partial charge >= 0.3 is 12.2 Å². The van der Waals surface area contributed by atoms with E-state index in [9.17, 15) is 19.5 Å². The number of hydrogen-bond acceptors (Lipinski definition) is 11. The van der Waals surface area contributed by atoms with Crippen LogP contribution in [-0.2, 0) is 19.7 Å². The smallest absolute Gasteiger partial charge is 0.435 e. The number of nitrogens with one attached hydrogen (secondary N) is 1. The van der Waals surface area contributed by atoms with E-state index in [0.29, 0.717) is 65.7 Å². The highest BCUT2D eigenvalue weighted by Gasteiger charge is 2.68. The van der Waals surface area contributed by atoms with E-state index in [1.54, 1.807) is 39.0 Å². The lowest BCUT2D eigenvalue weighted by molar-refractivity contribution is -0.119. The molecule has 14 heteroatoms. The molecule has 3 aliphatic rings. The van der Waals surface area contributed by atoms with Crippen molar-refractivity contribution in [1.29, 1.82) is 0 Å². The molecule has 47 heavy (non-hydrogen) atoms. The molecule has 0 unspecified atom stereocenters. The van der Waals surface area contributed by atoms with Crippen LogP contribution in [0.25, 0.3) is 10.9 Å². The number of carbonyl (C=O) groups is 3. The summed E-state index contributed by atoms with van der Waals surface area (Å²) in [5.74, 6) is 1.32. The third-order valence-electron chi connectivity index (χ3n) is 8.78. The Morgan fingerprint density at radius 2 is 1.91 bits per heavy atom. The van der Waals surface area contributed by atoms with E-state index in [4.69, 9.17) is 14.2 Å². The summed E-state index contributed by atoms with van der Waals surface area (Å²) in [6.45, 7) is 8.16. The van der Waals surface area contributed by atoms with Crippen molar-refractivity contribution in [3.63, 3.8) is 0 Å². The van der Waals surface area contributed by atoms with Gasteiger partial charge in [-0.15, -0.1) is 5.10 Å². The number of fused-ring (bicyclic) bond motifs is 3. The molecular formula is C33H35N7O7. The van der Waals surface area contributed by atoms with Crippen LogP contribution in [0.4, 0.5) is 32.7 Å². The van der Waals surface area contributed by atoms with Gasteiger partial charge in [-0.05, 0) is 75.1 Å². The van der Waals surface area contributed by atoms with E-state index in [-0.39, 0.29) is 5.92 Å². The zero-order valence-electron chi connectivity index (χ0n) is 26.5. The Morgan fingerprint density at radius 3 is 2.68 bits per heavy atom. The normalized spacial score (nSPS) is 20.7. The number of benzene rings is 2. The first-order valence-corrected chi connectivity index (χ1v) is 15.4. The van der Waals surface area contributed by atoms with Gasteiger partial charge in [-0.1, -0.05) is 6.07 Å². The molecule has 1 saturated heterocycles. The molecule has 2 aliphatic heterocycles. The average Bonchev–Trinajstić information content (AvgIpc) is 3.71. The predicted molar refractivity (Wildman–Crippen MR) is 172 cm³/mol. The topological polar surface area (TPSA) is 161 Å². The second-order valence-electron chi connectivity index (χ2n) is 12.9. The minimum Gasteiger partial charge on any atom is -0.497 e. The van der Waals surface area contributed by atoms with E-state index in [1.807, 2.05) is 24.3 Å². The second-order valence-corrected chi connectivity index (χ2v) is 12.9. The summed E-state index contributed by atoms with van der Waals surface area (Å²) in [5.41, 5.74) is 0.312. The van der Waals surface area contributed by atoms with E-state index in [0.717, 1.165) is 29.2 Å². The average molecular weight is 642 g/mol. The van der Waals surface area contributed by atoms with Crippen LogP contribution in [-0.4, -0.2) is 82.0 Å². The minimum absolute atomic E-state index is 0.328. The van der Waals surface area contributed by atoms with Crippen LogP contribution in [0.1, 0.15) is 50.7 Å². The molecule has 2 aromatic carbocycles. The number of amides is 2. The van der Waals surface area contributed by atoms with Crippen molar-refractivity contribution in [3.8, 4) is 5.75 Å². The molecule has 1 aliphatic carbocycles. The molecule has 4 aromatic rings. The van der Waals surface area contributed by atoms with Crippen molar-refractivity contribution in [2.45, 2.75) is 50.5 Å². The lowest BCUT2D eigenvalue weighted by Gasteiger charge is -2.20. The number of rotatable bonds is 5. The third kappa shape index (κ3) is 5.27. The lowest BCUT2D eigenvalue weighted by atomic mass is 9.91. The first-order valence-electron chi connectivity index (χ1n) is 15.4. The molecule has 2 atom stereocenters. The number of ether oxygens (including phenoxy) is 3. The Bertz CT molecular complexity index is 1910. The van der Waals surface area contributed by atoms with Crippen LogP contribution in [0.5, 0.6) is 5.75 Å². The quantitative estimate of drug-likeness (QED) is 0.299. The van der Waals surface area contributed by atoms with Gasteiger partial charge in [-0.25, -0.2) is 24.5 Å². The van der Waals surface area contributed by atoms with Crippen LogP contribution < -0.4 is 19.9 Å². The molecule has 2 aromatic heterocycles. The van der Waals surface area contributed by atoms with Gasteiger partial charge in [0.05, 0.1) is 30.3 Å². The van der Waals surface area contributed by atoms with Crippen molar-refractivity contribution in [3.05, 3.63) is 59.9 Å². The van der Waals surface area contributed by atoms with Crippen LogP contribution in [0.3, 0.4) is 0 Å². The van der Waals surface area contributed by atoms with Gasteiger partial charge in [-0.2, -0.15) is 4.68 Å². The monoisotopic (exact) mass is 641 g/mol. The van der Waals surface area contributed by atoms with E-state index < -0.39 is 29.1 Å². The summed E-state index contributed by atoms with van der Waals surface area (Å²) in [6, 6.07) is 12.3. The van der Waals surface area contributed by atoms with E-state index >= 15 is 0 Å². The highest BCUT2D eigenvalue weighted by Crippen LogP contribution is 2.67. The first-order chi connectivity index (χ1) is 22.5. The fraction of sp³-hybridized carbons (Fsp3) is 0.394. The van der Waals surface area contributed by atoms with Gasteiger partial charge in [0.2, 0.25) is 5.91 Å². The zero-order valence-corrected chi connectivity index (χ0v) is 26.5. The number of aromatic nitrogens is 4. The van der Waals surface area contributed by atoms with Crippen LogP contribution in [0.15, 0.2) is 48.8 Å². The number of methoxy groups -OCH3 is 1. The minimum atomic E-state index is -1.34. The highest BCUT2D eigenvalue weighted by atomic mass is 16.6. The van der Waals surface area contributed by atoms with Crippen LogP contribution in [0, 0.1) is 0 Å². The SMILES string of the molecule is COc1ccc2c(c1)[C@]1(C[C@H]1c1ccc3c(Nc4cc(N5CCCOCC5)ncn4)nn(C(=O)OC(C)(C)C)c3c1)C(=O)N2C(=O)O. The molecule has 2 amide bonds. The third-order valence-corrected chi connectivity index (χ3v) is 8.78. The maximum atomic E-state index is 13.7. The molecule has 7 rings (SSSR count). The summed E-state index contributed by atoms with van der Waals surface area (Å²) >= 11 is 0. The van der Waals surface area contributed by atoms with Gasteiger partial charge in [-0.3, -0.25) is 4.79 Å². The van der Waals surface area contributed by atoms with Gasteiger partial charge < -0.3 is 29.5 Å². The molecule has 4 heterocycles. The van der Waals surface area contributed by atoms with Crippen molar-refractivity contribution in [2.24, 2.45) is 0 Å². The van der Waals surface area contributed by atoms with E-state index in [2.05, 4.69) is 25.3 Å². The second kappa shape index (κ2) is 11.2. The fourth-order valence-electron chi connectivity index (χ4n) is 6.58. The van der Waals surface area contributed by atoms with Gasteiger partial charge in [0.1, 0.15) is 29.3 Å². The van der Waals surface area contributed by atoms with Gasteiger partial charge in [0, 0.05) is 37.1 Å². The molecule has 14 nitrogen and oxygen atoms in total. The summed E-state index contributed by atoms with van der Waals surface area (Å²) in [6.07, 6.45) is 0.762. The molecule has 1 saturated carbocycles. The largest absolute Gasteiger partial charge is 0.497 e. The van der Waals surface area contributed by atoms with Crippen molar-refractivity contribution in [2.75, 3.05) is 48.5 Å². The predicted octanol–water partition coefficient (Wildman–Crippen LogP) is 5.04. The summed E-state index contributed by atoms with van der Waals surface area (Å²) in [5, 5.41) is 18.4. The molecular weight excluding hydrogens is 606 g/mol. The number of carboxylic acid groups (broad SMARTS) is 1. The molecule has 0 bridgehead atoms. The molecule has 2 N–H and O–H groups in total. The Hall–Kier alpha value is -5.24. The fourth-order valence-corrected chi connectivity index (χ4v) is 6.58. The molecule has 0 radical (unpaired) electrons. The Labute approximate surface area is 270 Å². The maximum Gasteiger partial charge on any atom is 0.435 e. The van der Waals surface area contributed by atoms with Crippen molar-refractivity contribution < 1.29 is 33.7 Å². The number of hydrogen-bond donors (Lipinski definition) is 2. The molecule has 2 fully saturated rings. The van der Waals surface area contributed by atoms with Gasteiger partial charge in [0.25, 0.3) is 0 Å². The maximum absolute atomic E-state index is 13.7. The van der Waals surface area contributed by atoms with Crippen LogP contribution >= 0.6 is 0 Å². The first kappa shape index (κ1) is 30.4. The van der Waals surface area contributed by atoms with Crippen molar-refractivity contribution >= 4 is 52.1 Å². The number of nitrogens with zero attached hydrogens (tertiary/aromatic N) is 6. The zero-order chi connectivity index (χ0) is 33.1. The number of carbonyl (C=O) groups excluding carboxylic acids is 2. The summed E-state index contributed by atoms with van der Waals surface area (Å²) in [7, 11) is 1.52. The Balaban J connectivity index is 1.27. The van der Waals surface area contributed by atoms with E-state index in [1.165, 1.54) is 18.1 Å². The standard InChI is InChI=1S/C33H35N7O7/c1-32(2,3)47-31(44)40-25-14-19(23-17-33(23)22-15-20(45-4)7-9-24(22)39(29(33)41)30(42)43)6-8-21(25)28(37-40)36-26-16-27(35-18-34-26)38-10-5-12-46-13-11-38/h6-9,14-16,18,23H,5,10-13,17H2,1-4H3,(H,42,43)(H,34,35,36,37)/t23-,33-/m0/s1. The Morgan fingerprint density at radius 1 is 1.09 bits per heavy atom. The number of imide groups is 1.